The van der Waals surface area contributed by atoms with Crippen molar-refractivity contribution in [1.82, 2.24) is 14.8 Å². The van der Waals surface area contributed by atoms with Crippen molar-refractivity contribution < 1.29 is 13.2 Å². The number of amides is 1. The van der Waals surface area contributed by atoms with E-state index in [-0.39, 0.29) is 10.8 Å². The fourth-order valence-electron chi connectivity index (χ4n) is 1.49. The van der Waals surface area contributed by atoms with Crippen LogP contribution in [0.25, 0.3) is 5.69 Å². The first-order valence-electron chi connectivity index (χ1n) is 5.94. The van der Waals surface area contributed by atoms with Crippen molar-refractivity contribution in [2.45, 2.75) is 12.2 Å². The van der Waals surface area contributed by atoms with Crippen molar-refractivity contribution in [1.29, 1.82) is 0 Å². The van der Waals surface area contributed by atoms with Crippen LogP contribution in [0.4, 0.5) is 5.69 Å². The van der Waals surface area contributed by atoms with Crippen LogP contribution >= 0.6 is 11.6 Å². The highest BCUT2D eigenvalue weighted by molar-refractivity contribution is 7.92. The Balaban J connectivity index is 2.23. The van der Waals surface area contributed by atoms with Gasteiger partial charge in [0.05, 0.1) is 23.8 Å². The molecule has 9 heteroatoms. The van der Waals surface area contributed by atoms with Gasteiger partial charge in [0.2, 0.25) is 5.91 Å². The summed E-state index contributed by atoms with van der Waals surface area (Å²) in [6.07, 6.45) is 5.68. The van der Waals surface area contributed by atoms with Crippen LogP contribution in [-0.4, -0.2) is 40.6 Å². The molecule has 0 aliphatic rings. The molecule has 2 aromatic heterocycles. The minimum atomic E-state index is -3.47. The maximum Gasteiger partial charge on any atom is 0.242 e. The fraction of sp³-hybridized carbons (Fsp3) is 0.250. The van der Waals surface area contributed by atoms with Gasteiger partial charge in [0.25, 0.3) is 0 Å². The molecular weight excluding hydrogens is 316 g/mol. The van der Waals surface area contributed by atoms with Crippen molar-refractivity contribution in [2.75, 3.05) is 11.6 Å². The third-order valence-corrected chi connectivity index (χ3v) is 4.63. The molecule has 1 N–H and O–H groups in total. The molecule has 0 fully saturated rings. The molecule has 1 amide bonds. The van der Waals surface area contributed by atoms with Crippen molar-refractivity contribution in [3.05, 3.63) is 35.9 Å². The van der Waals surface area contributed by atoms with E-state index < -0.39 is 21.0 Å². The molecule has 1 unspecified atom stereocenters. The Hall–Kier alpha value is -1.93. The van der Waals surface area contributed by atoms with Crippen LogP contribution in [0.2, 0.25) is 5.15 Å². The van der Waals surface area contributed by atoms with Gasteiger partial charge in [-0.15, -0.1) is 0 Å². The Morgan fingerprint density at radius 2 is 2.19 bits per heavy atom. The molecule has 2 heterocycles. The van der Waals surface area contributed by atoms with Crippen LogP contribution in [0.5, 0.6) is 0 Å². The van der Waals surface area contributed by atoms with E-state index in [1.54, 1.807) is 24.5 Å². The van der Waals surface area contributed by atoms with E-state index in [0.29, 0.717) is 5.69 Å². The van der Waals surface area contributed by atoms with Gasteiger partial charge in [0.1, 0.15) is 5.25 Å². The number of pyridine rings is 1. The SMILES string of the molecule is CC(C(=O)Nc1cn(-c2cccnc2)nc1Cl)S(C)(=O)=O. The monoisotopic (exact) mass is 328 g/mol. The molecule has 112 valence electrons. The summed E-state index contributed by atoms with van der Waals surface area (Å²) in [6.45, 7) is 1.31. The van der Waals surface area contributed by atoms with Crippen LogP contribution in [0.15, 0.2) is 30.7 Å². The van der Waals surface area contributed by atoms with Crippen molar-refractivity contribution in [3.63, 3.8) is 0 Å². The third kappa shape index (κ3) is 3.59. The number of nitrogens with one attached hydrogen (secondary N) is 1. The summed E-state index contributed by atoms with van der Waals surface area (Å²) in [6, 6.07) is 3.50. The molecule has 0 saturated heterocycles. The normalized spacial score (nSPS) is 12.9. The molecule has 0 radical (unpaired) electrons. The highest BCUT2D eigenvalue weighted by atomic mass is 35.5. The van der Waals surface area contributed by atoms with Crippen LogP contribution in [0.3, 0.4) is 0 Å². The van der Waals surface area contributed by atoms with E-state index in [2.05, 4.69) is 15.4 Å². The van der Waals surface area contributed by atoms with Crippen LogP contribution in [0.1, 0.15) is 6.92 Å². The average molecular weight is 329 g/mol. The van der Waals surface area contributed by atoms with E-state index in [0.717, 1.165) is 6.26 Å². The molecule has 0 saturated carbocycles. The molecule has 0 aliphatic heterocycles. The summed E-state index contributed by atoms with van der Waals surface area (Å²) >= 11 is 5.94. The van der Waals surface area contributed by atoms with Gasteiger partial charge < -0.3 is 5.32 Å². The summed E-state index contributed by atoms with van der Waals surface area (Å²) < 4.78 is 24.1. The van der Waals surface area contributed by atoms with E-state index in [4.69, 9.17) is 11.6 Å². The lowest BCUT2D eigenvalue weighted by Gasteiger charge is -2.08. The van der Waals surface area contributed by atoms with Gasteiger partial charge in [-0.2, -0.15) is 5.10 Å². The van der Waals surface area contributed by atoms with Gasteiger partial charge in [-0.05, 0) is 19.1 Å². The molecule has 0 spiro atoms. The second-order valence-corrected chi connectivity index (χ2v) is 7.17. The standard InChI is InChI=1S/C12H13ClN4O3S/c1-8(21(2,19)20)12(18)15-10-7-17(16-11(10)13)9-4-3-5-14-6-9/h3-8H,1-2H3,(H,15,18). The van der Waals surface area contributed by atoms with Gasteiger partial charge in [-0.3, -0.25) is 9.78 Å². The first-order valence-corrected chi connectivity index (χ1v) is 8.27. The minimum Gasteiger partial charge on any atom is -0.321 e. The molecule has 0 bridgehead atoms. The maximum absolute atomic E-state index is 11.9. The number of carbonyl (C=O) groups is 1. The summed E-state index contributed by atoms with van der Waals surface area (Å²) in [5.41, 5.74) is 0.900. The van der Waals surface area contributed by atoms with Gasteiger partial charge in [0, 0.05) is 12.5 Å². The minimum absolute atomic E-state index is 0.0629. The van der Waals surface area contributed by atoms with E-state index in [9.17, 15) is 13.2 Å². The lowest BCUT2D eigenvalue weighted by atomic mass is 10.4. The van der Waals surface area contributed by atoms with Gasteiger partial charge in [-0.1, -0.05) is 11.6 Å². The predicted molar refractivity (Wildman–Crippen MR) is 79.3 cm³/mol. The van der Waals surface area contributed by atoms with Crippen LogP contribution in [0, 0.1) is 0 Å². The number of hydrogen-bond acceptors (Lipinski definition) is 5. The Bertz CT molecular complexity index is 758. The lowest BCUT2D eigenvalue weighted by molar-refractivity contribution is -0.115. The van der Waals surface area contributed by atoms with Gasteiger partial charge in [0.15, 0.2) is 15.0 Å². The van der Waals surface area contributed by atoms with E-state index in [1.165, 1.54) is 17.8 Å². The highest BCUT2D eigenvalue weighted by Crippen LogP contribution is 2.22. The molecule has 2 rings (SSSR count). The number of sulfone groups is 1. The smallest absolute Gasteiger partial charge is 0.242 e. The molecule has 7 nitrogen and oxygen atoms in total. The molecule has 21 heavy (non-hydrogen) atoms. The topological polar surface area (TPSA) is 93.9 Å². The summed E-state index contributed by atoms with van der Waals surface area (Å²) in [5, 5.41) is 5.38. The first-order chi connectivity index (χ1) is 9.79. The fourth-order valence-corrected chi connectivity index (χ4v) is 2.11. The summed E-state index contributed by atoms with van der Waals surface area (Å²) in [7, 11) is -3.47. The Labute approximate surface area is 126 Å². The number of anilines is 1. The summed E-state index contributed by atoms with van der Waals surface area (Å²) in [4.78, 5) is 15.8. The number of nitrogens with zero attached hydrogens (tertiary/aromatic N) is 3. The third-order valence-electron chi connectivity index (χ3n) is 2.85. The average Bonchev–Trinajstić information content (AvgIpc) is 2.79. The van der Waals surface area contributed by atoms with Crippen molar-refractivity contribution in [3.8, 4) is 5.69 Å². The summed E-state index contributed by atoms with van der Waals surface area (Å²) in [5.74, 6) is -0.662. The Kier molecular flexibility index (Phi) is 4.29. The van der Waals surface area contributed by atoms with E-state index >= 15 is 0 Å². The maximum atomic E-state index is 11.9. The second kappa shape index (κ2) is 5.82. The van der Waals surface area contributed by atoms with Crippen molar-refractivity contribution in [2.24, 2.45) is 0 Å². The predicted octanol–water partition coefficient (Wildman–Crippen LogP) is 1.29. The zero-order chi connectivity index (χ0) is 15.6. The Morgan fingerprint density at radius 1 is 1.48 bits per heavy atom. The molecule has 0 aliphatic carbocycles. The molecule has 1 atom stereocenters. The molecule has 2 aromatic rings. The first kappa shape index (κ1) is 15.5. The van der Waals surface area contributed by atoms with Crippen molar-refractivity contribution >= 4 is 33.0 Å². The lowest BCUT2D eigenvalue weighted by Crippen LogP contribution is -2.31. The zero-order valence-corrected chi connectivity index (χ0v) is 12.9. The largest absolute Gasteiger partial charge is 0.321 e. The van der Waals surface area contributed by atoms with Crippen LogP contribution < -0.4 is 5.32 Å². The quantitative estimate of drug-likeness (QED) is 0.912. The Morgan fingerprint density at radius 3 is 2.76 bits per heavy atom. The van der Waals surface area contributed by atoms with Crippen LogP contribution in [-0.2, 0) is 14.6 Å². The number of halogens is 1. The zero-order valence-electron chi connectivity index (χ0n) is 11.3. The number of carbonyl (C=O) groups excluding carboxylic acids is 1. The van der Waals surface area contributed by atoms with Gasteiger partial charge in [-0.25, -0.2) is 13.1 Å². The number of aromatic nitrogens is 3. The number of hydrogen-bond donors (Lipinski definition) is 1. The number of rotatable bonds is 4. The molecule has 0 aromatic carbocycles. The second-order valence-electron chi connectivity index (χ2n) is 4.45. The van der Waals surface area contributed by atoms with E-state index in [1.807, 2.05) is 0 Å². The van der Waals surface area contributed by atoms with Gasteiger partial charge >= 0.3 is 0 Å². The highest BCUT2D eigenvalue weighted by Gasteiger charge is 2.24. The molecular formula is C12H13ClN4O3S.